The van der Waals surface area contributed by atoms with Gasteiger partial charge in [-0.25, -0.2) is 4.39 Å². The second-order valence-corrected chi connectivity index (χ2v) is 6.04. The van der Waals surface area contributed by atoms with Crippen molar-refractivity contribution in [2.75, 3.05) is 6.54 Å². The fourth-order valence-corrected chi connectivity index (χ4v) is 2.51. The summed E-state index contributed by atoms with van der Waals surface area (Å²) in [4.78, 5) is 12.1. The van der Waals surface area contributed by atoms with E-state index in [4.69, 9.17) is 9.15 Å². The average molecular weight is 405 g/mol. The summed E-state index contributed by atoms with van der Waals surface area (Å²) in [6, 6.07) is 14.9. The smallest absolute Gasteiger partial charge is 0.387 e. The first kappa shape index (κ1) is 20.3. The molecule has 2 aromatic carbocycles. The summed E-state index contributed by atoms with van der Waals surface area (Å²) in [5.74, 6) is 0.428. The first-order valence-electron chi connectivity index (χ1n) is 8.78. The Bertz CT molecular complexity index is 924. The largest absolute Gasteiger partial charge is 0.486 e. The Hall–Kier alpha value is -3.42. The van der Waals surface area contributed by atoms with Gasteiger partial charge in [0, 0.05) is 6.54 Å². The van der Waals surface area contributed by atoms with Crippen LogP contribution in [0.5, 0.6) is 11.5 Å². The standard InChI is InChI=1S/C21H18F3NO4/c22-15-3-7-16(8-4-15)27-13-18-9-10-19(28-18)20(26)25-12-11-14-1-5-17(6-2-14)29-21(23)24/h1-10,21H,11-13H2,(H,25,26). The van der Waals surface area contributed by atoms with E-state index in [0.717, 1.165) is 5.56 Å². The van der Waals surface area contributed by atoms with Gasteiger partial charge in [-0.2, -0.15) is 8.78 Å². The Morgan fingerprint density at radius 1 is 0.966 bits per heavy atom. The van der Waals surface area contributed by atoms with Gasteiger partial charge in [0.2, 0.25) is 0 Å². The molecule has 1 N–H and O–H groups in total. The minimum Gasteiger partial charge on any atom is -0.486 e. The van der Waals surface area contributed by atoms with Gasteiger partial charge in [-0.3, -0.25) is 4.79 Å². The Balaban J connectivity index is 1.43. The van der Waals surface area contributed by atoms with E-state index >= 15 is 0 Å². The topological polar surface area (TPSA) is 60.7 Å². The van der Waals surface area contributed by atoms with Crippen LogP contribution in [-0.4, -0.2) is 19.1 Å². The number of nitrogens with one attached hydrogen (secondary N) is 1. The first-order valence-corrected chi connectivity index (χ1v) is 8.78. The van der Waals surface area contributed by atoms with Crippen LogP contribution in [0.3, 0.4) is 0 Å². The zero-order valence-electron chi connectivity index (χ0n) is 15.2. The molecule has 0 aliphatic rings. The third kappa shape index (κ3) is 6.31. The van der Waals surface area contributed by atoms with Crippen molar-refractivity contribution >= 4 is 5.91 Å². The van der Waals surface area contributed by atoms with E-state index in [-0.39, 0.29) is 29.8 Å². The van der Waals surface area contributed by atoms with Crippen molar-refractivity contribution in [2.45, 2.75) is 19.6 Å². The lowest BCUT2D eigenvalue weighted by Crippen LogP contribution is -2.25. The quantitative estimate of drug-likeness (QED) is 0.567. The Labute approximate surface area is 165 Å². The summed E-state index contributed by atoms with van der Waals surface area (Å²) in [6.45, 7) is -2.42. The lowest BCUT2D eigenvalue weighted by Gasteiger charge is -2.06. The van der Waals surface area contributed by atoms with Crippen molar-refractivity contribution in [3.05, 3.63) is 83.6 Å². The number of ether oxygens (including phenoxy) is 2. The molecule has 29 heavy (non-hydrogen) atoms. The monoisotopic (exact) mass is 405 g/mol. The van der Waals surface area contributed by atoms with Crippen molar-refractivity contribution in [1.82, 2.24) is 5.32 Å². The van der Waals surface area contributed by atoms with Gasteiger partial charge < -0.3 is 19.2 Å². The van der Waals surface area contributed by atoms with Gasteiger partial charge in [0.15, 0.2) is 5.76 Å². The number of rotatable bonds is 9. The SMILES string of the molecule is O=C(NCCc1ccc(OC(F)F)cc1)c1ccc(COc2ccc(F)cc2)o1. The highest BCUT2D eigenvalue weighted by atomic mass is 19.3. The zero-order valence-corrected chi connectivity index (χ0v) is 15.2. The number of benzene rings is 2. The lowest BCUT2D eigenvalue weighted by molar-refractivity contribution is -0.0498. The lowest BCUT2D eigenvalue weighted by atomic mass is 10.1. The molecule has 1 heterocycles. The highest BCUT2D eigenvalue weighted by Crippen LogP contribution is 2.16. The molecule has 0 unspecified atom stereocenters. The minimum atomic E-state index is -2.86. The van der Waals surface area contributed by atoms with Crippen LogP contribution in [0.4, 0.5) is 13.2 Å². The second-order valence-electron chi connectivity index (χ2n) is 6.04. The van der Waals surface area contributed by atoms with E-state index in [9.17, 15) is 18.0 Å². The molecule has 0 atom stereocenters. The molecular weight excluding hydrogens is 387 g/mol. The van der Waals surface area contributed by atoms with Gasteiger partial charge >= 0.3 is 6.61 Å². The van der Waals surface area contributed by atoms with Gasteiger partial charge in [0.25, 0.3) is 5.91 Å². The predicted octanol–water partition coefficient (Wildman–Crippen LogP) is 4.57. The number of furan rings is 1. The van der Waals surface area contributed by atoms with Crippen molar-refractivity contribution in [3.8, 4) is 11.5 Å². The van der Waals surface area contributed by atoms with Gasteiger partial charge in [-0.05, 0) is 60.5 Å². The molecule has 3 aromatic rings. The molecule has 0 saturated carbocycles. The number of amides is 1. The van der Waals surface area contributed by atoms with Crippen LogP contribution >= 0.6 is 0 Å². The number of hydrogen-bond donors (Lipinski definition) is 1. The molecule has 5 nitrogen and oxygen atoms in total. The van der Waals surface area contributed by atoms with Gasteiger partial charge in [-0.1, -0.05) is 12.1 Å². The average Bonchev–Trinajstić information content (AvgIpc) is 3.18. The minimum absolute atomic E-state index is 0.0822. The number of carbonyl (C=O) groups is 1. The third-order valence-electron chi connectivity index (χ3n) is 3.93. The molecular formula is C21H18F3NO4. The number of hydrogen-bond acceptors (Lipinski definition) is 4. The van der Waals surface area contributed by atoms with Crippen LogP contribution in [-0.2, 0) is 13.0 Å². The highest BCUT2D eigenvalue weighted by molar-refractivity contribution is 5.91. The van der Waals surface area contributed by atoms with Crippen molar-refractivity contribution in [3.63, 3.8) is 0 Å². The Morgan fingerprint density at radius 2 is 1.66 bits per heavy atom. The predicted molar refractivity (Wildman–Crippen MR) is 98.6 cm³/mol. The maximum atomic E-state index is 12.9. The van der Waals surface area contributed by atoms with Crippen LogP contribution in [0.25, 0.3) is 0 Å². The van der Waals surface area contributed by atoms with E-state index in [1.807, 2.05) is 0 Å². The normalized spacial score (nSPS) is 10.8. The molecule has 0 fully saturated rings. The molecule has 1 amide bonds. The molecule has 0 aliphatic heterocycles. The summed E-state index contributed by atoms with van der Waals surface area (Å²) >= 11 is 0. The van der Waals surface area contributed by atoms with Crippen LogP contribution in [0.1, 0.15) is 21.9 Å². The summed E-state index contributed by atoms with van der Waals surface area (Å²) in [5, 5.41) is 2.72. The number of alkyl halides is 2. The van der Waals surface area contributed by atoms with Gasteiger partial charge in [-0.15, -0.1) is 0 Å². The first-order chi connectivity index (χ1) is 14.0. The molecule has 0 radical (unpaired) electrons. The molecule has 152 valence electrons. The van der Waals surface area contributed by atoms with Crippen LogP contribution in [0.15, 0.2) is 65.1 Å². The maximum Gasteiger partial charge on any atom is 0.387 e. The van der Waals surface area contributed by atoms with E-state index in [2.05, 4.69) is 10.1 Å². The van der Waals surface area contributed by atoms with Crippen LogP contribution in [0.2, 0.25) is 0 Å². The Kier molecular flexibility index (Phi) is 6.78. The summed E-state index contributed by atoms with van der Waals surface area (Å²) in [5.41, 5.74) is 0.861. The fourth-order valence-electron chi connectivity index (χ4n) is 2.51. The number of halogens is 3. The van der Waals surface area contributed by atoms with E-state index in [1.54, 1.807) is 18.2 Å². The van der Waals surface area contributed by atoms with Crippen LogP contribution < -0.4 is 14.8 Å². The highest BCUT2D eigenvalue weighted by Gasteiger charge is 2.11. The molecule has 3 rings (SSSR count). The molecule has 1 aromatic heterocycles. The molecule has 0 saturated heterocycles. The van der Waals surface area contributed by atoms with Crippen LogP contribution in [0, 0.1) is 5.82 Å². The number of carbonyl (C=O) groups excluding carboxylic acids is 1. The van der Waals surface area contributed by atoms with Crippen molar-refractivity contribution < 1.29 is 31.9 Å². The van der Waals surface area contributed by atoms with Crippen molar-refractivity contribution in [1.29, 1.82) is 0 Å². The molecule has 8 heteroatoms. The second kappa shape index (κ2) is 9.68. The fraction of sp³-hybridized carbons (Fsp3) is 0.190. The van der Waals surface area contributed by atoms with E-state index in [1.165, 1.54) is 42.5 Å². The van der Waals surface area contributed by atoms with Gasteiger partial charge in [0.1, 0.15) is 29.7 Å². The molecule has 0 bridgehead atoms. The third-order valence-corrected chi connectivity index (χ3v) is 3.93. The van der Waals surface area contributed by atoms with E-state index in [0.29, 0.717) is 24.5 Å². The van der Waals surface area contributed by atoms with Crippen molar-refractivity contribution in [2.24, 2.45) is 0 Å². The molecule has 0 spiro atoms. The summed E-state index contributed by atoms with van der Waals surface area (Å²) < 4.78 is 52.3. The summed E-state index contributed by atoms with van der Waals surface area (Å²) in [7, 11) is 0. The maximum absolute atomic E-state index is 12.9. The van der Waals surface area contributed by atoms with Gasteiger partial charge in [0.05, 0.1) is 0 Å². The van der Waals surface area contributed by atoms with E-state index < -0.39 is 6.61 Å². The zero-order chi connectivity index (χ0) is 20.6. The summed E-state index contributed by atoms with van der Waals surface area (Å²) in [6.07, 6.45) is 0.516. The Morgan fingerprint density at radius 3 is 2.34 bits per heavy atom. The molecule has 0 aliphatic carbocycles.